The van der Waals surface area contributed by atoms with E-state index in [2.05, 4.69) is 250 Å². The lowest BCUT2D eigenvalue weighted by molar-refractivity contribution is 0.584. The standard InChI is InChI=1S/C75H59NO2/c1-71(2)50-25-18-30-61-66(50)63-45(23-16-28-59(63)77-61)48-38-53-47(37-54(48)71)44-33-32-41(34-52(44)72(53,3)4)76(58-27-15-14-22-43(58)40-20-12-11-13-21-40)42-35-55-65-56(36-42)75(9,10)70-68(65)57(73(55,5)6)39-49-46-24-17-29-60-64(46)67-51(74(7,8)69(49)70)26-19-31-62(67)78-60/h11-39H,1-10H3. The summed E-state index contributed by atoms with van der Waals surface area (Å²) in [7, 11) is 0. The van der Waals surface area contributed by atoms with Gasteiger partial charge in [0.15, 0.2) is 0 Å². The molecule has 0 saturated heterocycles. The van der Waals surface area contributed by atoms with E-state index in [-0.39, 0.29) is 27.1 Å². The van der Waals surface area contributed by atoms with Crippen molar-refractivity contribution in [3.63, 3.8) is 0 Å². The Bertz CT molecular complexity index is 4760. The largest absolute Gasteiger partial charge is 0.456 e. The molecular formula is C75H59NO2. The Morgan fingerprint density at radius 3 is 1.38 bits per heavy atom. The van der Waals surface area contributed by atoms with E-state index < -0.39 is 0 Å². The average Bonchev–Trinajstić information content (AvgIpc) is 4.33. The third-order valence-corrected chi connectivity index (χ3v) is 20.2. The van der Waals surface area contributed by atoms with Gasteiger partial charge in [-0.1, -0.05) is 172 Å². The summed E-state index contributed by atoms with van der Waals surface area (Å²) in [4.78, 5) is 2.59. The lowest BCUT2D eigenvalue weighted by atomic mass is 9.66. The molecule has 0 unspecified atom stereocenters. The van der Waals surface area contributed by atoms with Crippen molar-refractivity contribution >= 4 is 60.9 Å². The summed E-state index contributed by atoms with van der Waals surface area (Å²) in [6, 6.07) is 66.8. The predicted octanol–water partition coefficient (Wildman–Crippen LogP) is 20.5. The van der Waals surface area contributed by atoms with Crippen LogP contribution in [0, 0.1) is 0 Å². The first kappa shape index (κ1) is 44.7. The van der Waals surface area contributed by atoms with Crippen LogP contribution in [-0.2, 0) is 27.1 Å². The third kappa shape index (κ3) is 5.22. The highest BCUT2D eigenvalue weighted by Crippen LogP contribution is 2.67. The fourth-order valence-corrected chi connectivity index (χ4v) is 16.3. The Morgan fingerprint density at radius 2 is 0.731 bits per heavy atom. The molecule has 0 aliphatic heterocycles. The van der Waals surface area contributed by atoms with E-state index in [1.807, 2.05) is 0 Å². The van der Waals surface area contributed by atoms with Crippen molar-refractivity contribution in [2.75, 3.05) is 4.90 Å². The van der Waals surface area contributed by atoms with Gasteiger partial charge in [0, 0.05) is 65.6 Å². The molecule has 0 radical (unpaired) electrons. The SMILES string of the molecule is CC1(C)c2cc(N(c3cc4c5c(c3)C(C)(C)c3c-5c(cc5c3C(C)(C)c3cccc6oc7cccc-5c7c36)C4(C)C)c3ccccc3-c3ccccc3)ccc2-c2cc3c(cc21)-c1cccc2oc4cccc(c4c12)C3(C)C. The van der Waals surface area contributed by atoms with Gasteiger partial charge in [-0.3, -0.25) is 0 Å². The van der Waals surface area contributed by atoms with Gasteiger partial charge >= 0.3 is 0 Å². The lowest BCUT2D eigenvalue weighted by Crippen LogP contribution is -2.29. The zero-order valence-corrected chi connectivity index (χ0v) is 46.0. The number of anilines is 3. The topological polar surface area (TPSA) is 29.5 Å². The Morgan fingerprint density at radius 1 is 0.282 bits per heavy atom. The van der Waals surface area contributed by atoms with Crippen molar-refractivity contribution in [3.8, 4) is 55.6 Å². The second-order valence-electron chi connectivity index (χ2n) is 25.9. The Labute approximate surface area is 455 Å². The minimum Gasteiger partial charge on any atom is -0.456 e. The predicted molar refractivity (Wildman–Crippen MR) is 324 cm³/mol. The Balaban J connectivity index is 0.886. The van der Waals surface area contributed by atoms with Crippen LogP contribution >= 0.6 is 0 Å². The van der Waals surface area contributed by atoms with Gasteiger partial charge in [0.25, 0.3) is 0 Å². The minimum absolute atomic E-state index is 0.277. The van der Waals surface area contributed by atoms with Crippen LogP contribution in [0.2, 0.25) is 0 Å². The monoisotopic (exact) mass is 1010 g/mol. The zero-order valence-electron chi connectivity index (χ0n) is 46.0. The summed E-state index contributed by atoms with van der Waals surface area (Å²) in [5.41, 5.74) is 32.7. The quantitative estimate of drug-likeness (QED) is 0.176. The van der Waals surface area contributed by atoms with Gasteiger partial charge in [-0.25, -0.2) is 0 Å². The van der Waals surface area contributed by atoms with Gasteiger partial charge < -0.3 is 13.7 Å². The molecule has 0 saturated carbocycles. The van der Waals surface area contributed by atoms with Gasteiger partial charge in [0.1, 0.15) is 22.3 Å². The first-order valence-electron chi connectivity index (χ1n) is 28.1. The van der Waals surface area contributed by atoms with Crippen LogP contribution in [0.15, 0.2) is 185 Å². The molecular weight excluding hydrogens is 947 g/mol. The first-order chi connectivity index (χ1) is 37.5. The molecule has 5 aliphatic carbocycles. The second kappa shape index (κ2) is 14.2. The van der Waals surface area contributed by atoms with E-state index in [1.54, 1.807) is 0 Å². The van der Waals surface area contributed by atoms with Crippen molar-refractivity contribution < 1.29 is 8.83 Å². The Kier molecular flexibility index (Phi) is 8.14. The number of rotatable bonds is 4. The van der Waals surface area contributed by atoms with E-state index in [1.165, 1.54) is 139 Å². The molecule has 5 aliphatic rings. The molecule has 376 valence electrons. The maximum atomic E-state index is 6.64. The lowest BCUT2D eigenvalue weighted by Gasteiger charge is -2.38. The molecule has 0 N–H and O–H groups in total. The third-order valence-electron chi connectivity index (χ3n) is 20.2. The molecule has 2 aromatic heterocycles. The molecule has 0 amide bonds. The van der Waals surface area contributed by atoms with Crippen molar-refractivity contribution in [1.82, 2.24) is 0 Å². The van der Waals surface area contributed by atoms with Crippen LogP contribution < -0.4 is 4.90 Å². The van der Waals surface area contributed by atoms with Gasteiger partial charge in [0.2, 0.25) is 0 Å². The summed E-state index contributed by atoms with van der Waals surface area (Å²) >= 11 is 0. The molecule has 10 aromatic carbocycles. The maximum absolute atomic E-state index is 6.64. The van der Waals surface area contributed by atoms with Crippen molar-refractivity contribution in [3.05, 3.63) is 232 Å². The van der Waals surface area contributed by atoms with Crippen molar-refractivity contribution in [1.29, 1.82) is 0 Å². The van der Waals surface area contributed by atoms with Crippen LogP contribution in [0.1, 0.15) is 125 Å². The zero-order chi connectivity index (χ0) is 52.9. The van der Waals surface area contributed by atoms with Gasteiger partial charge in [0.05, 0.1) is 5.69 Å². The number of benzene rings is 10. The average molecular weight is 1010 g/mol. The summed E-state index contributed by atoms with van der Waals surface area (Å²) in [6.07, 6.45) is 0. The summed E-state index contributed by atoms with van der Waals surface area (Å²) in [5.74, 6) is 0. The second-order valence-corrected chi connectivity index (χ2v) is 25.9. The highest BCUT2D eigenvalue weighted by atomic mass is 16.3. The summed E-state index contributed by atoms with van der Waals surface area (Å²) in [6.45, 7) is 24.6. The first-order valence-corrected chi connectivity index (χ1v) is 28.1. The van der Waals surface area contributed by atoms with Crippen LogP contribution in [0.25, 0.3) is 99.5 Å². The fourth-order valence-electron chi connectivity index (χ4n) is 16.3. The van der Waals surface area contributed by atoms with Crippen LogP contribution in [-0.4, -0.2) is 0 Å². The van der Waals surface area contributed by atoms with E-state index in [9.17, 15) is 0 Å². The van der Waals surface area contributed by atoms with Crippen molar-refractivity contribution in [2.24, 2.45) is 0 Å². The molecule has 0 fully saturated rings. The Hall–Kier alpha value is -8.40. The molecule has 12 aromatic rings. The molecule has 0 spiro atoms. The highest BCUT2D eigenvalue weighted by molar-refractivity contribution is 6.18. The maximum Gasteiger partial charge on any atom is 0.136 e. The van der Waals surface area contributed by atoms with Crippen molar-refractivity contribution in [2.45, 2.75) is 96.3 Å². The number of fused-ring (bicyclic) bond motifs is 8. The molecule has 0 atom stereocenters. The van der Waals surface area contributed by atoms with E-state index >= 15 is 0 Å². The van der Waals surface area contributed by atoms with Crippen LogP contribution in [0.3, 0.4) is 0 Å². The van der Waals surface area contributed by atoms with Gasteiger partial charge in [-0.2, -0.15) is 0 Å². The number of para-hydroxylation sites is 1. The number of furan rings is 2. The van der Waals surface area contributed by atoms with E-state index in [4.69, 9.17) is 8.83 Å². The van der Waals surface area contributed by atoms with Crippen LogP contribution in [0.4, 0.5) is 17.1 Å². The molecule has 3 heteroatoms. The number of nitrogens with zero attached hydrogens (tertiary/aromatic N) is 1. The summed E-state index contributed by atoms with van der Waals surface area (Å²) in [5, 5.41) is 4.96. The van der Waals surface area contributed by atoms with Gasteiger partial charge in [-0.05, 0) is 179 Å². The molecule has 0 bridgehead atoms. The van der Waals surface area contributed by atoms with Gasteiger partial charge in [-0.15, -0.1) is 0 Å². The molecule has 17 rings (SSSR count). The van der Waals surface area contributed by atoms with E-state index in [0.717, 1.165) is 33.7 Å². The smallest absolute Gasteiger partial charge is 0.136 e. The number of hydrogen-bond acceptors (Lipinski definition) is 3. The fraction of sp³-hybridized carbons (Fsp3) is 0.200. The molecule has 3 nitrogen and oxygen atoms in total. The van der Waals surface area contributed by atoms with Crippen LogP contribution in [0.5, 0.6) is 0 Å². The highest BCUT2D eigenvalue weighted by Gasteiger charge is 2.52. The normalized spacial score (nSPS) is 17.1. The minimum atomic E-state index is -0.325. The number of hydrogen-bond donors (Lipinski definition) is 0. The van der Waals surface area contributed by atoms with E-state index in [0.29, 0.717) is 0 Å². The summed E-state index contributed by atoms with van der Waals surface area (Å²) < 4.78 is 13.2. The molecule has 2 heterocycles. The molecule has 78 heavy (non-hydrogen) atoms.